The van der Waals surface area contributed by atoms with Gasteiger partial charge in [0.25, 0.3) is 5.91 Å². The molecule has 0 spiro atoms. The molecule has 0 fully saturated rings. The molecule has 1 N–H and O–H groups in total. The van der Waals surface area contributed by atoms with Gasteiger partial charge < -0.3 is 0 Å². The van der Waals surface area contributed by atoms with Crippen LogP contribution in [0.4, 0.5) is 5.13 Å². The van der Waals surface area contributed by atoms with Crippen LogP contribution in [-0.4, -0.2) is 30.6 Å². The molecule has 0 atom stereocenters. The zero-order chi connectivity index (χ0) is 13.9. The van der Waals surface area contributed by atoms with E-state index in [0.29, 0.717) is 10.9 Å². The van der Waals surface area contributed by atoms with E-state index in [-0.39, 0.29) is 11.6 Å². The van der Waals surface area contributed by atoms with E-state index in [0.717, 1.165) is 5.82 Å². The molecule has 3 rings (SSSR count). The SMILES string of the molecule is Cc1nccn1-c1ccc(C(=O)Nc2nccs2)nn1. The van der Waals surface area contributed by atoms with E-state index in [9.17, 15) is 4.79 Å². The number of anilines is 1. The average molecular weight is 286 g/mol. The maximum Gasteiger partial charge on any atom is 0.277 e. The number of carbonyl (C=O) groups is 1. The van der Waals surface area contributed by atoms with Crippen LogP contribution in [0.2, 0.25) is 0 Å². The Morgan fingerprint density at radius 3 is 2.75 bits per heavy atom. The van der Waals surface area contributed by atoms with Crippen molar-refractivity contribution >= 4 is 22.4 Å². The summed E-state index contributed by atoms with van der Waals surface area (Å²) in [6.07, 6.45) is 5.09. The maximum absolute atomic E-state index is 11.9. The molecule has 1 amide bonds. The van der Waals surface area contributed by atoms with Gasteiger partial charge in [-0.05, 0) is 19.1 Å². The fourth-order valence-corrected chi connectivity index (χ4v) is 2.17. The molecule has 3 aromatic heterocycles. The van der Waals surface area contributed by atoms with Gasteiger partial charge in [-0.1, -0.05) is 0 Å². The fourth-order valence-electron chi connectivity index (χ4n) is 1.64. The zero-order valence-electron chi connectivity index (χ0n) is 10.5. The Hall–Kier alpha value is -2.61. The van der Waals surface area contributed by atoms with Crippen molar-refractivity contribution < 1.29 is 4.79 Å². The first kappa shape index (κ1) is 12.4. The summed E-state index contributed by atoms with van der Waals surface area (Å²) in [5.41, 5.74) is 0.238. The quantitative estimate of drug-likeness (QED) is 0.791. The highest BCUT2D eigenvalue weighted by atomic mass is 32.1. The predicted molar refractivity (Wildman–Crippen MR) is 74.0 cm³/mol. The maximum atomic E-state index is 11.9. The lowest BCUT2D eigenvalue weighted by atomic mass is 10.3. The summed E-state index contributed by atoms with van der Waals surface area (Å²) in [5.74, 6) is 1.09. The number of nitrogens with one attached hydrogen (secondary N) is 1. The van der Waals surface area contributed by atoms with Crippen molar-refractivity contribution in [1.29, 1.82) is 0 Å². The lowest BCUT2D eigenvalue weighted by molar-refractivity contribution is 0.102. The van der Waals surface area contributed by atoms with Gasteiger partial charge in [-0.2, -0.15) is 0 Å². The van der Waals surface area contributed by atoms with Gasteiger partial charge in [0.05, 0.1) is 0 Å². The van der Waals surface area contributed by atoms with E-state index in [4.69, 9.17) is 0 Å². The third-order valence-corrected chi connectivity index (χ3v) is 3.30. The monoisotopic (exact) mass is 286 g/mol. The van der Waals surface area contributed by atoms with Gasteiger partial charge in [-0.15, -0.1) is 21.5 Å². The third kappa shape index (κ3) is 2.41. The summed E-state index contributed by atoms with van der Waals surface area (Å²) in [5, 5.41) is 12.9. The lowest BCUT2D eigenvalue weighted by Gasteiger charge is -2.04. The van der Waals surface area contributed by atoms with E-state index in [1.165, 1.54) is 11.3 Å². The minimum atomic E-state index is -0.332. The van der Waals surface area contributed by atoms with Crippen LogP contribution in [0, 0.1) is 6.92 Å². The molecule has 0 bridgehead atoms. The summed E-state index contributed by atoms with van der Waals surface area (Å²) in [6.45, 7) is 1.87. The second-order valence-electron chi connectivity index (χ2n) is 3.91. The van der Waals surface area contributed by atoms with Crippen molar-refractivity contribution in [2.45, 2.75) is 6.92 Å². The number of rotatable bonds is 3. The van der Waals surface area contributed by atoms with E-state index < -0.39 is 0 Å². The molecule has 8 heteroatoms. The Bertz CT molecular complexity index is 719. The lowest BCUT2D eigenvalue weighted by Crippen LogP contribution is -2.14. The highest BCUT2D eigenvalue weighted by Crippen LogP contribution is 2.12. The summed E-state index contributed by atoms with van der Waals surface area (Å²) in [4.78, 5) is 20.0. The molecule has 3 heterocycles. The second-order valence-corrected chi connectivity index (χ2v) is 4.81. The van der Waals surface area contributed by atoms with Gasteiger partial charge in [-0.3, -0.25) is 14.7 Å². The van der Waals surface area contributed by atoms with Crippen molar-refractivity contribution in [2.24, 2.45) is 0 Å². The van der Waals surface area contributed by atoms with Gasteiger partial charge in [0.1, 0.15) is 5.82 Å². The Labute approximate surface area is 118 Å². The molecule has 100 valence electrons. The molecule has 0 aliphatic heterocycles. The predicted octanol–water partition coefficient (Wildman–Crippen LogP) is 1.68. The molecule has 3 aromatic rings. The van der Waals surface area contributed by atoms with Gasteiger partial charge in [-0.25, -0.2) is 9.97 Å². The van der Waals surface area contributed by atoms with Gasteiger partial charge in [0, 0.05) is 24.0 Å². The summed E-state index contributed by atoms with van der Waals surface area (Å²) in [6, 6.07) is 3.34. The first-order valence-corrected chi connectivity index (χ1v) is 6.67. The van der Waals surface area contributed by atoms with Crippen LogP contribution in [-0.2, 0) is 0 Å². The Balaban J connectivity index is 1.79. The minimum absolute atomic E-state index is 0.238. The normalized spacial score (nSPS) is 10.4. The number of imidazole rings is 1. The standard InChI is InChI=1S/C12H10N6OS/c1-8-13-4-6-18(8)10-3-2-9(16-17-10)11(19)15-12-14-5-7-20-12/h2-7H,1H3,(H,14,15,19). The molecule has 0 saturated carbocycles. The molecular weight excluding hydrogens is 276 g/mol. The van der Waals surface area contributed by atoms with Crippen molar-refractivity contribution in [3.63, 3.8) is 0 Å². The van der Waals surface area contributed by atoms with E-state index in [2.05, 4.69) is 25.5 Å². The van der Waals surface area contributed by atoms with Gasteiger partial charge >= 0.3 is 0 Å². The summed E-state index contributed by atoms with van der Waals surface area (Å²) in [7, 11) is 0. The molecule has 0 aromatic carbocycles. The molecule has 0 radical (unpaired) electrons. The van der Waals surface area contributed by atoms with E-state index >= 15 is 0 Å². The topological polar surface area (TPSA) is 85.6 Å². The van der Waals surface area contributed by atoms with Crippen LogP contribution in [0.1, 0.15) is 16.3 Å². The highest BCUT2D eigenvalue weighted by Gasteiger charge is 2.10. The van der Waals surface area contributed by atoms with Crippen molar-refractivity contribution in [2.75, 3.05) is 5.32 Å². The van der Waals surface area contributed by atoms with Gasteiger partial charge in [0.2, 0.25) is 0 Å². The van der Waals surface area contributed by atoms with E-state index in [1.54, 1.807) is 40.7 Å². The Kier molecular flexibility index (Phi) is 3.21. The first-order valence-electron chi connectivity index (χ1n) is 5.79. The van der Waals surface area contributed by atoms with Crippen LogP contribution in [0.25, 0.3) is 5.82 Å². The van der Waals surface area contributed by atoms with Gasteiger partial charge in [0.15, 0.2) is 16.6 Å². The van der Waals surface area contributed by atoms with Crippen LogP contribution < -0.4 is 5.32 Å². The number of carbonyl (C=O) groups excluding carboxylic acids is 1. The number of amides is 1. The Morgan fingerprint density at radius 2 is 2.15 bits per heavy atom. The largest absolute Gasteiger partial charge is 0.296 e. The molecular formula is C12H10N6OS. The van der Waals surface area contributed by atoms with Crippen LogP contribution in [0.5, 0.6) is 0 Å². The second kappa shape index (κ2) is 5.17. The average Bonchev–Trinajstić information content (AvgIpc) is 3.10. The Morgan fingerprint density at radius 1 is 1.25 bits per heavy atom. The number of hydrogen-bond acceptors (Lipinski definition) is 6. The smallest absolute Gasteiger partial charge is 0.277 e. The van der Waals surface area contributed by atoms with Crippen LogP contribution in [0.3, 0.4) is 0 Å². The zero-order valence-corrected chi connectivity index (χ0v) is 11.3. The number of aromatic nitrogens is 5. The summed E-state index contributed by atoms with van der Waals surface area (Å²) < 4.78 is 1.79. The van der Waals surface area contributed by atoms with E-state index in [1.807, 2.05) is 6.92 Å². The van der Waals surface area contributed by atoms with Crippen LogP contribution >= 0.6 is 11.3 Å². The highest BCUT2D eigenvalue weighted by molar-refractivity contribution is 7.13. The van der Waals surface area contributed by atoms with Crippen molar-refractivity contribution in [1.82, 2.24) is 24.7 Å². The molecule has 0 aliphatic carbocycles. The first-order chi connectivity index (χ1) is 9.74. The third-order valence-electron chi connectivity index (χ3n) is 2.61. The van der Waals surface area contributed by atoms with Crippen molar-refractivity contribution in [3.05, 3.63) is 47.6 Å². The molecule has 0 aliphatic rings. The molecule has 7 nitrogen and oxygen atoms in total. The molecule has 0 saturated heterocycles. The molecule has 20 heavy (non-hydrogen) atoms. The number of aryl methyl sites for hydroxylation is 1. The summed E-state index contributed by atoms with van der Waals surface area (Å²) >= 11 is 1.35. The number of nitrogens with zero attached hydrogens (tertiary/aromatic N) is 5. The number of thiazole rings is 1. The fraction of sp³-hybridized carbons (Fsp3) is 0.0833. The van der Waals surface area contributed by atoms with Crippen LogP contribution in [0.15, 0.2) is 36.1 Å². The van der Waals surface area contributed by atoms with Crippen molar-refractivity contribution in [3.8, 4) is 5.82 Å². The number of hydrogen-bond donors (Lipinski definition) is 1. The molecule has 0 unspecified atom stereocenters. The minimum Gasteiger partial charge on any atom is -0.296 e.